The first-order valence-electron chi connectivity index (χ1n) is 4.77. The molecule has 0 bridgehead atoms. The van der Waals surface area contributed by atoms with Gasteiger partial charge in [0.25, 0.3) is 0 Å². The van der Waals surface area contributed by atoms with Crippen molar-refractivity contribution in [3.8, 4) is 0 Å². The summed E-state index contributed by atoms with van der Waals surface area (Å²) in [5, 5.41) is 0. The molecule has 1 aliphatic rings. The summed E-state index contributed by atoms with van der Waals surface area (Å²) in [6.45, 7) is 2.12. The molecule has 1 fully saturated rings. The molecule has 1 aliphatic heterocycles. The highest BCUT2D eigenvalue weighted by Gasteiger charge is 2.32. The van der Waals surface area contributed by atoms with Crippen LogP contribution in [0.2, 0.25) is 0 Å². The Bertz CT molecular complexity index is 278. The van der Waals surface area contributed by atoms with Gasteiger partial charge in [0.1, 0.15) is 0 Å². The van der Waals surface area contributed by atoms with Crippen LogP contribution >= 0.6 is 0 Å². The van der Waals surface area contributed by atoms with E-state index in [0.29, 0.717) is 0 Å². The third-order valence-electron chi connectivity index (χ3n) is 2.36. The van der Waals surface area contributed by atoms with Gasteiger partial charge in [-0.3, -0.25) is 0 Å². The van der Waals surface area contributed by atoms with Gasteiger partial charge in [-0.15, -0.1) is 0 Å². The van der Waals surface area contributed by atoms with Crippen LogP contribution in [0.5, 0.6) is 0 Å². The van der Waals surface area contributed by atoms with Gasteiger partial charge >= 0.3 is 0 Å². The second kappa shape index (κ2) is 4.09. The van der Waals surface area contributed by atoms with E-state index in [9.17, 15) is 0 Å². The Hall–Kier alpha value is -0.900. The smallest absolute Gasteiger partial charge is 0.201 e. The maximum absolute atomic E-state index is 5.32. The van der Waals surface area contributed by atoms with Crippen molar-refractivity contribution in [1.82, 2.24) is 0 Å². The number of hydrogen-bond donors (Lipinski definition) is 0. The average Bonchev–Trinajstić information content (AvgIpc) is 2.65. The van der Waals surface area contributed by atoms with Gasteiger partial charge in [-0.05, 0) is 18.9 Å². The van der Waals surface area contributed by atoms with E-state index in [1.807, 2.05) is 25.1 Å². The molecule has 0 aliphatic carbocycles. The number of rotatable bonds is 3. The van der Waals surface area contributed by atoms with E-state index < -0.39 is 5.79 Å². The summed E-state index contributed by atoms with van der Waals surface area (Å²) in [5.41, 5.74) is 1.29. The summed E-state index contributed by atoms with van der Waals surface area (Å²) in [5.74, 6) is -0.574. The van der Waals surface area contributed by atoms with Crippen molar-refractivity contribution in [1.29, 1.82) is 0 Å². The van der Waals surface area contributed by atoms with Crippen LogP contribution in [0.4, 0.5) is 0 Å². The Morgan fingerprint density at radius 3 is 2.71 bits per heavy atom. The zero-order chi connectivity index (χ0) is 9.86. The summed E-state index contributed by atoms with van der Waals surface area (Å²) in [4.78, 5) is 9.77. The van der Waals surface area contributed by atoms with Gasteiger partial charge in [0.05, 0.1) is 0 Å². The normalized spacial score (nSPS) is 26.6. The number of ether oxygens (including phenoxy) is 1. The monoisotopic (exact) mass is 194 g/mol. The molecule has 76 valence electrons. The zero-order valence-electron chi connectivity index (χ0n) is 8.23. The van der Waals surface area contributed by atoms with Crippen molar-refractivity contribution < 1.29 is 14.5 Å². The second-order valence-electron chi connectivity index (χ2n) is 3.58. The summed E-state index contributed by atoms with van der Waals surface area (Å²) >= 11 is 0. The molecule has 0 aromatic heterocycles. The van der Waals surface area contributed by atoms with Crippen molar-refractivity contribution in [2.24, 2.45) is 0 Å². The largest absolute Gasteiger partial charge is 0.318 e. The lowest BCUT2D eigenvalue weighted by Gasteiger charge is -2.18. The number of aryl methyl sites for hydroxylation is 1. The van der Waals surface area contributed by atoms with Crippen LogP contribution in [0.3, 0.4) is 0 Å². The predicted molar refractivity (Wildman–Crippen MR) is 51.3 cm³/mol. The van der Waals surface area contributed by atoms with E-state index in [2.05, 4.69) is 12.1 Å². The molecule has 1 aromatic rings. The third-order valence-corrected chi connectivity index (χ3v) is 2.36. The Kier molecular flexibility index (Phi) is 2.82. The fraction of sp³-hybridized carbons (Fsp3) is 0.455. The van der Waals surface area contributed by atoms with Crippen LogP contribution in [0.1, 0.15) is 18.9 Å². The van der Waals surface area contributed by atoms with E-state index in [1.54, 1.807) is 0 Å². The second-order valence-corrected chi connectivity index (χ2v) is 3.58. The van der Waals surface area contributed by atoms with E-state index >= 15 is 0 Å². The molecule has 0 saturated carbocycles. The van der Waals surface area contributed by atoms with Crippen LogP contribution in [-0.2, 0) is 20.9 Å². The SMILES string of the molecule is CC1(CCc2ccccc2)OCOO1. The molecule has 1 aromatic carbocycles. The lowest BCUT2D eigenvalue weighted by Crippen LogP contribution is -2.25. The van der Waals surface area contributed by atoms with Crippen LogP contribution in [0, 0.1) is 0 Å². The minimum atomic E-state index is -0.574. The summed E-state index contributed by atoms with van der Waals surface area (Å²) in [6.07, 6.45) is 1.73. The highest BCUT2D eigenvalue weighted by Crippen LogP contribution is 2.25. The van der Waals surface area contributed by atoms with Gasteiger partial charge in [0.2, 0.25) is 5.79 Å². The average molecular weight is 194 g/mol. The molecule has 0 amide bonds. The molecule has 0 radical (unpaired) electrons. The fourth-order valence-electron chi connectivity index (χ4n) is 1.45. The van der Waals surface area contributed by atoms with Crippen molar-refractivity contribution in [3.05, 3.63) is 35.9 Å². The zero-order valence-corrected chi connectivity index (χ0v) is 8.23. The highest BCUT2D eigenvalue weighted by molar-refractivity contribution is 5.14. The molecule has 0 spiro atoms. The first-order valence-corrected chi connectivity index (χ1v) is 4.77. The van der Waals surface area contributed by atoms with Crippen molar-refractivity contribution in [2.75, 3.05) is 6.79 Å². The lowest BCUT2D eigenvalue weighted by atomic mass is 10.1. The molecular weight excluding hydrogens is 180 g/mol. The molecule has 0 N–H and O–H groups in total. The number of benzene rings is 1. The highest BCUT2D eigenvalue weighted by atomic mass is 17.3. The fourth-order valence-corrected chi connectivity index (χ4v) is 1.45. The van der Waals surface area contributed by atoms with Crippen LogP contribution in [0.15, 0.2) is 30.3 Å². The van der Waals surface area contributed by atoms with Gasteiger partial charge in [-0.25, -0.2) is 4.89 Å². The molecule has 1 unspecified atom stereocenters. The van der Waals surface area contributed by atoms with Gasteiger partial charge in [-0.2, -0.15) is 4.89 Å². The summed E-state index contributed by atoms with van der Waals surface area (Å²) < 4.78 is 5.32. The minimum Gasteiger partial charge on any atom is -0.318 e. The maximum atomic E-state index is 5.32. The van der Waals surface area contributed by atoms with Gasteiger partial charge in [-0.1, -0.05) is 30.3 Å². The Balaban J connectivity index is 1.88. The molecule has 14 heavy (non-hydrogen) atoms. The quantitative estimate of drug-likeness (QED) is 0.691. The van der Waals surface area contributed by atoms with Gasteiger partial charge in [0, 0.05) is 6.42 Å². The molecule has 1 heterocycles. The Labute approximate surface area is 83.5 Å². The minimum absolute atomic E-state index is 0.227. The molecule has 2 rings (SSSR count). The lowest BCUT2D eigenvalue weighted by molar-refractivity contribution is -0.316. The predicted octanol–water partition coefficient (Wildman–Crippen LogP) is 2.27. The third kappa shape index (κ3) is 2.32. The van der Waals surface area contributed by atoms with Crippen molar-refractivity contribution in [3.63, 3.8) is 0 Å². The van der Waals surface area contributed by atoms with E-state index in [0.717, 1.165) is 12.8 Å². The van der Waals surface area contributed by atoms with E-state index in [1.165, 1.54) is 5.56 Å². The van der Waals surface area contributed by atoms with Crippen LogP contribution in [0.25, 0.3) is 0 Å². The molecular formula is C11H14O3. The molecule has 3 nitrogen and oxygen atoms in total. The summed E-state index contributed by atoms with van der Waals surface area (Å²) in [6, 6.07) is 10.3. The molecule has 3 heteroatoms. The first-order chi connectivity index (χ1) is 6.79. The molecule has 1 atom stereocenters. The summed E-state index contributed by atoms with van der Waals surface area (Å²) in [7, 11) is 0. The Morgan fingerprint density at radius 2 is 2.07 bits per heavy atom. The van der Waals surface area contributed by atoms with Crippen molar-refractivity contribution in [2.45, 2.75) is 25.6 Å². The van der Waals surface area contributed by atoms with E-state index in [4.69, 9.17) is 14.5 Å². The number of hydrogen-bond acceptors (Lipinski definition) is 3. The molecule has 1 saturated heterocycles. The van der Waals surface area contributed by atoms with Gasteiger partial charge in [0.15, 0.2) is 6.79 Å². The topological polar surface area (TPSA) is 27.7 Å². The van der Waals surface area contributed by atoms with Crippen LogP contribution < -0.4 is 0 Å². The standard InChI is InChI=1S/C11H14O3/c1-11(12-9-13-14-11)8-7-10-5-3-2-4-6-10/h2-6H,7-9H2,1H3. The first kappa shape index (κ1) is 9.65. The Morgan fingerprint density at radius 1 is 1.29 bits per heavy atom. The van der Waals surface area contributed by atoms with Crippen molar-refractivity contribution >= 4 is 0 Å². The van der Waals surface area contributed by atoms with E-state index in [-0.39, 0.29) is 6.79 Å². The van der Waals surface area contributed by atoms with Crippen LogP contribution in [-0.4, -0.2) is 12.6 Å². The maximum Gasteiger partial charge on any atom is 0.201 e. The van der Waals surface area contributed by atoms with Gasteiger partial charge < -0.3 is 4.74 Å².